The third kappa shape index (κ3) is 2.41. The van der Waals surface area contributed by atoms with Crippen molar-refractivity contribution >= 4 is 15.8 Å². The molecule has 0 saturated carbocycles. The van der Waals surface area contributed by atoms with Crippen LogP contribution in [0.25, 0.3) is 0 Å². The highest BCUT2D eigenvalue weighted by Crippen LogP contribution is 2.07. The molecule has 0 spiro atoms. The minimum absolute atomic E-state index is 0.0104. The van der Waals surface area contributed by atoms with Crippen LogP contribution in [0, 0.1) is 0 Å². The van der Waals surface area contributed by atoms with Crippen LogP contribution in [0.4, 0.5) is 0 Å². The number of carbonyl (C=O) groups is 1. The number of rotatable bonds is 2. The smallest absolute Gasteiger partial charge is 0.325 e. The molecule has 1 aliphatic heterocycles. The van der Waals surface area contributed by atoms with Gasteiger partial charge in [0.25, 0.3) is 0 Å². The molecule has 0 aromatic rings. The van der Waals surface area contributed by atoms with Crippen LogP contribution in [-0.2, 0) is 19.4 Å². The number of carbonyl (C=O) groups excluding carboxylic acids is 1. The van der Waals surface area contributed by atoms with Crippen LogP contribution in [0.15, 0.2) is 0 Å². The highest BCUT2D eigenvalue weighted by atomic mass is 32.2. The lowest BCUT2D eigenvalue weighted by Gasteiger charge is -2.21. The van der Waals surface area contributed by atoms with Crippen molar-refractivity contribution in [1.29, 1.82) is 0 Å². The first-order chi connectivity index (χ1) is 6.08. The Morgan fingerprint density at radius 2 is 2.31 bits per heavy atom. The van der Waals surface area contributed by atoms with Crippen LogP contribution in [0.1, 0.15) is 6.92 Å². The molecule has 1 heterocycles. The van der Waals surface area contributed by atoms with E-state index in [-0.39, 0.29) is 18.9 Å². The van der Waals surface area contributed by atoms with Gasteiger partial charge in [-0.1, -0.05) is 0 Å². The molecular formula is C7H13NO4S. The Hall–Kier alpha value is -0.620. The number of hydrogen-bond donors (Lipinski definition) is 1. The summed E-state index contributed by atoms with van der Waals surface area (Å²) in [6.07, 6.45) is 0. The van der Waals surface area contributed by atoms with E-state index in [9.17, 15) is 13.2 Å². The Morgan fingerprint density at radius 1 is 1.62 bits per heavy atom. The summed E-state index contributed by atoms with van der Waals surface area (Å²) < 4.78 is 27.4. The molecule has 6 heteroatoms. The summed E-state index contributed by atoms with van der Waals surface area (Å²) in [5.41, 5.74) is 0. The molecule has 76 valence electrons. The maximum Gasteiger partial charge on any atom is 0.325 e. The number of sulfone groups is 1. The monoisotopic (exact) mass is 207 g/mol. The lowest BCUT2D eigenvalue weighted by atomic mass is 10.4. The van der Waals surface area contributed by atoms with Crippen molar-refractivity contribution < 1.29 is 17.9 Å². The van der Waals surface area contributed by atoms with Gasteiger partial charge >= 0.3 is 5.97 Å². The number of esters is 1. The van der Waals surface area contributed by atoms with Crippen LogP contribution in [0.2, 0.25) is 0 Å². The van der Waals surface area contributed by atoms with Gasteiger partial charge in [-0.2, -0.15) is 0 Å². The van der Waals surface area contributed by atoms with E-state index < -0.39 is 21.1 Å². The Balaban J connectivity index is 2.71. The fourth-order valence-electron chi connectivity index (χ4n) is 1.18. The molecule has 1 saturated heterocycles. The zero-order valence-electron chi connectivity index (χ0n) is 7.45. The van der Waals surface area contributed by atoms with Crippen molar-refractivity contribution in [3.8, 4) is 0 Å². The molecule has 0 aromatic heterocycles. The van der Waals surface area contributed by atoms with Gasteiger partial charge in [-0.05, 0) is 6.92 Å². The summed E-state index contributed by atoms with van der Waals surface area (Å²) in [5.74, 6) is -0.633. The van der Waals surface area contributed by atoms with E-state index in [2.05, 4.69) is 10.1 Å². The minimum atomic E-state index is -3.28. The number of hydrogen-bond acceptors (Lipinski definition) is 5. The van der Waals surface area contributed by atoms with Crippen LogP contribution >= 0.6 is 0 Å². The molecule has 0 amide bonds. The van der Waals surface area contributed by atoms with E-state index >= 15 is 0 Å². The lowest BCUT2D eigenvalue weighted by Crippen LogP contribution is -2.48. The largest absolute Gasteiger partial charge is 0.465 e. The Kier molecular flexibility index (Phi) is 3.27. The van der Waals surface area contributed by atoms with Gasteiger partial charge in [0, 0.05) is 13.1 Å². The van der Waals surface area contributed by atoms with Gasteiger partial charge in [0.1, 0.15) is 0 Å². The van der Waals surface area contributed by atoms with E-state index in [0.29, 0.717) is 6.54 Å². The van der Waals surface area contributed by atoms with Gasteiger partial charge in [-0.15, -0.1) is 0 Å². The predicted molar refractivity (Wildman–Crippen MR) is 47.1 cm³/mol. The molecule has 0 aliphatic carbocycles. The van der Waals surface area contributed by atoms with E-state index in [1.807, 2.05) is 0 Å². The molecule has 0 radical (unpaired) electrons. The fourth-order valence-corrected chi connectivity index (χ4v) is 2.63. The molecule has 1 fully saturated rings. The highest BCUT2D eigenvalue weighted by molar-refractivity contribution is 7.92. The van der Waals surface area contributed by atoms with E-state index in [0.717, 1.165) is 0 Å². The van der Waals surface area contributed by atoms with Crippen LogP contribution in [0.3, 0.4) is 0 Å². The molecule has 1 unspecified atom stereocenters. The Labute approximate surface area is 77.4 Å². The molecule has 1 atom stereocenters. The normalized spacial score (nSPS) is 26.7. The molecule has 0 aromatic carbocycles. The number of ether oxygens (including phenoxy) is 1. The highest BCUT2D eigenvalue weighted by Gasteiger charge is 2.35. The van der Waals surface area contributed by atoms with Crippen LogP contribution in [-0.4, -0.2) is 45.1 Å². The van der Waals surface area contributed by atoms with E-state index in [1.54, 1.807) is 6.92 Å². The topological polar surface area (TPSA) is 72.5 Å². The SMILES string of the molecule is CCOC(=O)C1CNCCS1(=O)=O. The van der Waals surface area contributed by atoms with Gasteiger partial charge in [0.05, 0.1) is 12.4 Å². The van der Waals surface area contributed by atoms with Gasteiger partial charge in [-0.25, -0.2) is 8.42 Å². The summed E-state index contributed by atoms with van der Waals surface area (Å²) in [6.45, 7) is 2.45. The molecule has 1 rings (SSSR count). The van der Waals surface area contributed by atoms with Gasteiger partial charge in [-0.3, -0.25) is 4.79 Å². The average Bonchev–Trinajstić information content (AvgIpc) is 2.03. The molecule has 13 heavy (non-hydrogen) atoms. The predicted octanol–water partition coefficient (Wildman–Crippen LogP) is -1.06. The fraction of sp³-hybridized carbons (Fsp3) is 0.857. The first-order valence-corrected chi connectivity index (χ1v) is 5.88. The first-order valence-electron chi connectivity index (χ1n) is 4.17. The second-order valence-electron chi connectivity index (χ2n) is 2.81. The third-order valence-electron chi connectivity index (χ3n) is 1.88. The van der Waals surface area contributed by atoms with Gasteiger partial charge in [0.2, 0.25) is 0 Å². The van der Waals surface area contributed by atoms with Crippen molar-refractivity contribution in [1.82, 2.24) is 5.32 Å². The van der Waals surface area contributed by atoms with Gasteiger partial charge in [0.15, 0.2) is 15.1 Å². The first kappa shape index (κ1) is 10.5. The van der Waals surface area contributed by atoms with Crippen LogP contribution < -0.4 is 5.32 Å². The van der Waals surface area contributed by atoms with Crippen molar-refractivity contribution in [3.05, 3.63) is 0 Å². The third-order valence-corrected chi connectivity index (χ3v) is 3.88. The van der Waals surface area contributed by atoms with E-state index in [4.69, 9.17) is 0 Å². The van der Waals surface area contributed by atoms with Crippen molar-refractivity contribution in [2.75, 3.05) is 25.4 Å². The zero-order chi connectivity index (χ0) is 9.90. The molecular weight excluding hydrogens is 194 g/mol. The zero-order valence-corrected chi connectivity index (χ0v) is 8.26. The standard InChI is InChI=1S/C7H13NO4S/c1-2-12-7(9)6-5-8-3-4-13(6,10)11/h6,8H,2-5H2,1H3. The second kappa shape index (κ2) is 4.06. The van der Waals surface area contributed by atoms with Crippen molar-refractivity contribution in [2.24, 2.45) is 0 Å². The minimum Gasteiger partial charge on any atom is -0.465 e. The molecule has 0 bridgehead atoms. The summed E-state index contributed by atoms with van der Waals surface area (Å²) in [4.78, 5) is 11.2. The lowest BCUT2D eigenvalue weighted by molar-refractivity contribution is -0.142. The maximum atomic E-state index is 11.4. The van der Waals surface area contributed by atoms with Crippen molar-refractivity contribution in [2.45, 2.75) is 12.2 Å². The van der Waals surface area contributed by atoms with Crippen molar-refractivity contribution in [3.63, 3.8) is 0 Å². The number of nitrogens with one attached hydrogen (secondary N) is 1. The Morgan fingerprint density at radius 3 is 2.85 bits per heavy atom. The molecule has 1 N–H and O–H groups in total. The summed E-state index contributed by atoms with van der Waals surface area (Å²) in [5, 5.41) is 1.84. The summed E-state index contributed by atoms with van der Waals surface area (Å²) in [7, 11) is -3.28. The van der Waals surface area contributed by atoms with Crippen LogP contribution in [0.5, 0.6) is 0 Å². The molecule has 5 nitrogen and oxygen atoms in total. The quantitative estimate of drug-likeness (QED) is 0.584. The molecule has 1 aliphatic rings. The van der Waals surface area contributed by atoms with E-state index in [1.165, 1.54) is 0 Å². The maximum absolute atomic E-state index is 11.4. The second-order valence-corrected chi connectivity index (χ2v) is 5.11. The van der Waals surface area contributed by atoms with Gasteiger partial charge < -0.3 is 10.1 Å². The Bertz CT molecular complexity index is 285. The summed E-state index contributed by atoms with van der Waals surface area (Å²) in [6, 6.07) is 0. The average molecular weight is 207 g/mol. The summed E-state index contributed by atoms with van der Waals surface area (Å²) >= 11 is 0.